The molecule has 2 N–H and O–H groups in total. The third-order valence-electron chi connectivity index (χ3n) is 9.44. The van der Waals surface area contributed by atoms with Gasteiger partial charge in [-0.05, 0) is 49.4 Å². The van der Waals surface area contributed by atoms with Crippen LogP contribution in [0.4, 0.5) is 13.2 Å². The molecule has 2 aromatic carbocycles. The van der Waals surface area contributed by atoms with Crippen molar-refractivity contribution in [3.8, 4) is 35.4 Å². The van der Waals surface area contributed by atoms with Crippen molar-refractivity contribution >= 4 is 27.6 Å². The number of carbonyl (C=O) groups is 1. The number of phenols is 1. The van der Waals surface area contributed by atoms with Crippen LogP contribution >= 0.6 is 0 Å². The minimum atomic E-state index is -0.962. The van der Waals surface area contributed by atoms with Gasteiger partial charge in [0.25, 0.3) is 0 Å². The first-order valence-corrected chi connectivity index (χ1v) is 14.9. The highest BCUT2D eigenvalue weighted by molar-refractivity contribution is 6.02. The number of likely N-dealkylation sites (tertiary alicyclic amines) is 1. The Morgan fingerprint density at radius 2 is 2.04 bits per heavy atom. The lowest BCUT2D eigenvalue weighted by molar-refractivity contribution is -0.133. The van der Waals surface area contributed by atoms with Crippen LogP contribution in [0, 0.1) is 24.0 Å². The van der Waals surface area contributed by atoms with Crippen molar-refractivity contribution in [1.82, 2.24) is 24.8 Å². The Balaban J connectivity index is 1.37. The van der Waals surface area contributed by atoms with Crippen molar-refractivity contribution in [2.75, 3.05) is 39.4 Å². The number of hydrogen-bond donors (Lipinski definition) is 2. The Bertz CT molecular complexity index is 1900. The number of benzene rings is 2. The molecule has 1 amide bonds. The standard InChI is InChI=1S/C33H30F3N5O4/c1-2-22-25(35)5-4-18-10-21(43)11-23(27(18)22)30-28(36)31-24(13-37-30)29(19-6-9-40(14-19)26(44)16-42)38-32(39-31)45-17-33-7-3-8-41(33)15-20(34)12-33/h1,4-5,10-11,13,19-20,42-43H,3,6-9,12,14-17H2/t19?,20-,33+/m1/s1. The number of phenolic OH excluding ortho intramolecular Hbond substituents is 1. The molecule has 12 heteroatoms. The number of pyridine rings is 1. The van der Waals surface area contributed by atoms with Gasteiger partial charge in [-0.2, -0.15) is 9.97 Å². The minimum absolute atomic E-state index is 0.0838. The molecule has 5 heterocycles. The molecule has 0 radical (unpaired) electrons. The molecule has 0 spiro atoms. The third-order valence-corrected chi connectivity index (χ3v) is 9.44. The molecule has 3 aliphatic rings. The average molecular weight is 618 g/mol. The van der Waals surface area contributed by atoms with E-state index in [2.05, 4.69) is 25.8 Å². The molecule has 3 atom stereocenters. The Kier molecular flexibility index (Phi) is 7.25. The van der Waals surface area contributed by atoms with Crippen LogP contribution in [-0.4, -0.2) is 92.0 Å². The Morgan fingerprint density at radius 1 is 1.20 bits per heavy atom. The predicted octanol–water partition coefficient (Wildman–Crippen LogP) is 4.07. The van der Waals surface area contributed by atoms with E-state index >= 15 is 4.39 Å². The van der Waals surface area contributed by atoms with Gasteiger partial charge in [0.2, 0.25) is 5.91 Å². The number of terminal acetylenes is 1. The summed E-state index contributed by atoms with van der Waals surface area (Å²) >= 11 is 0. The summed E-state index contributed by atoms with van der Waals surface area (Å²) < 4.78 is 52.0. The van der Waals surface area contributed by atoms with E-state index < -0.39 is 35.9 Å². The van der Waals surface area contributed by atoms with Crippen molar-refractivity contribution in [3.63, 3.8) is 0 Å². The molecule has 0 aliphatic carbocycles. The maximum absolute atomic E-state index is 16.7. The number of aromatic nitrogens is 3. The van der Waals surface area contributed by atoms with Crippen molar-refractivity contribution in [1.29, 1.82) is 0 Å². The molecule has 9 nitrogen and oxygen atoms in total. The molecule has 2 aromatic heterocycles. The van der Waals surface area contributed by atoms with Crippen molar-refractivity contribution < 1.29 is 32.9 Å². The van der Waals surface area contributed by atoms with Gasteiger partial charge in [0.1, 0.15) is 42.2 Å². The van der Waals surface area contributed by atoms with Crippen molar-refractivity contribution in [2.45, 2.75) is 43.3 Å². The second-order valence-corrected chi connectivity index (χ2v) is 12.1. The third kappa shape index (κ3) is 4.91. The fraction of sp³-hybridized carbons (Fsp3) is 0.394. The molecule has 3 fully saturated rings. The first-order valence-electron chi connectivity index (χ1n) is 14.9. The van der Waals surface area contributed by atoms with E-state index in [-0.39, 0.29) is 58.6 Å². The molecule has 0 bridgehead atoms. The van der Waals surface area contributed by atoms with Crippen LogP contribution in [-0.2, 0) is 4.79 Å². The number of aromatic hydroxyl groups is 1. The quantitative estimate of drug-likeness (QED) is 0.312. The van der Waals surface area contributed by atoms with Gasteiger partial charge >= 0.3 is 6.01 Å². The molecular weight excluding hydrogens is 587 g/mol. The molecular formula is C33H30F3N5O4. The number of aliphatic hydroxyl groups excluding tert-OH is 1. The van der Waals surface area contributed by atoms with E-state index in [4.69, 9.17) is 11.2 Å². The van der Waals surface area contributed by atoms with Crippen LogP contribution in [0.1, 0.15) is 42.9 Å². The van der Waals surface area contributed by atoms with E-state index in [0.717, 1.165) is 19.4 Å². The smallest absolute Gasteiger partial charge is 0.317 e. The molecule has 0 saturated carbocycles. The monoisotopic (exact) mass is 617 g/mol. The van der Waals surface area contributed by atoms with Gasteiger partial charge in [-0.15, -0.1) is 6.42 Å². The first kappa shape index (κ1) is 29.3. The molecule has 4 aromatic rings. The van der Waals surface area contributed by atoms with Crippen molar-refractivity contribution in [3.05, 3.63) is 53.4 Å². The van der Waals surface area contributed by atoms with Crippen LogP contribution in [0.25, 0.3) is 32.9 Å². The highest BCUT2D eigenvalue weighted by Crippen LogP contribution is 2.42. The average Bonchev–Trinajstić information content (AvgIpc) is 3.74. The zero-order chi connectivity index (χ0) is 31.5. The Labute approximate surface area is 256 Å². The summed E-state index contributed by atoms with van der Waals surface area (Å²) in [6.07, 6.45) is 8.60. The summed E-state index contributed by atoms with van der Waals surface area (Å²) in [6, 6.07) is 5.20. The lowest BCUT2D eigenvalue weighted by Crippen LogP contribution is -2.43. The molecule has 1 unspecified atom stereocenters. The summed E-state index contributed by atoms with van der Waals surface area (Å²) in [5.41, 5.74) is -0.403. The largest absolute Gasteiger partial charge is 0.508 e. The Hall–Kier alpha value is -4.47. The van der Waals surface area contributed by atoms with E-state index in [9.17, 15) is 23.8 Å². The summed E-state index contributed by atoms with van der Waals surface area (Å²) in [5.74, 6) is -0.143. The van der Waals surface area contributed by atoms with Gasteiger partial charge in [-0.3, -0.25) is 14.7 Å². The fourth-order valence-corrected chi connectivity index (χ4v) is 7.33. The summed E-state index contributed by atoms with van der Waals surface area (Å²) in [7, 11) is 0. The van der Waals surface area contributed by atoms with Gasteiger partial charge in [-0.25, -0.2) is 13.2 Å². The maximum Gasteiger partial charge on any atom is 0.317 e. The second kappa shape index (κ2) is 11.2. The van der Waals surface area contributed by atoms with E-state index in [0.29, 0.717) is 42.4 Å². The van der Waals surface area contributed by atoms with E-state index in [1.807, 2.05) is 0 Å². The number of nitrogens with zero attached hydrogens (tertiary/aromatic N) is 5. The first-order chi connectivity index (χ1) is 21.7. The maximum atomic E-state index is 16.7. The normalized spacial score (nSPS) is 23.1. The topological polar surface area (TPSA) is 112 Å². The second-order valence-electron chi connectivity index (χ2n) is 12.1. The number of carbonyl (C=O) groups excluding carboxylic acids is 1. The highest BCUT2D eigenvalue weighted by Gasteiger charge is 2.49. The number of ether oxygens (including phenoxy) is 1. The summed E-state index contributed by atoms with van der Waals surface area (Å²) in [5, 5.41) is 20.8. The number of rotatable bonds is 6. The lowest BCUT2D eigenvalue weighted by atomic mass is 9.95. The molecule has 3 aliphatic heterocycles. The molecule has 232 valence electrons. The number of aliphatic hydroxyl groups is 1. The molecule has 45 heavy (non-hydrogen) atoms. The van der Waals surface area contributed by atoms with Crippen LogP contribution < -0.4 is 4.74 Å². The van der Waals surface area contributed by atoms with E-state index in [1.54, 1.807) is 0 Å². The minimum Gasteiger partial charge on any atom is -0.508 e. The van der Waals surface area contributed by atoms with Gasteiger partial charge in [0.05, 0.1) is 16.8 Å². The predicted molar refractivity (Wildman–Crippen MR) is 159 cm³/mol. The van der Waals surface area contributed by atoms with Gasteiger partial charge in [-0.1, -0.05) is 12.0 Å². The van der Waals surface area contributed by atoms with Crippen molar-refractivity contribution in [2.24, 2.45) is 0 Å². The summed E-state index contributed by atoms with van der Waals surface area (Å²) in [4.78, 5) is 29.4. The number of hydrogen-bond acceptors (Lipinski definition) is 8. The Morgan fingerprint density at radius 3 is 2.84 bits per heavy atom. The summed E-state index contributed by atoms with van der Waals surface area (Å²) in [6.45, 7) is 1.23. The number of fused-ring (bicyclic) bond motifs is 3. The number of halogens is 3. The van der Waals surface area contributed by atoms with Gasteiger partial charge < -0.3 is 19.8 Å². The molecule has 7 rings (SSSR count). The van der Waals surface area contributed by atoms with Crippen LogP contribution in [0.3, 0.4) is 0 Å². The van der Waals surface area contributed by atoms with Crippen LogP contribution in [0.15, 0.2) is 30.5 Å². The zero-order valence-electron chi connectivity index (χ0n) is 24.3. The van der Waals surface area contributed by atoms with Gasteiger partial charge in [0, 0.05) is 54.5 Å². The zero-order valence-corrected chi connectivity index (χ0v) is 24.3. The van der Waals surface area contributed by atoms with Crippen LogP contribution in [0.2, 0.25) is 0 Å². The fourth-order valence-electron chi connectivity index (χ4n) is 7.33. The number of amides is 1. The number of alkyl halides is 1. The molecule has 3 saturated heterocycles. The van der Waals surface area contributed by atoms with E-state index in [1.165, 1.54) is 35.4 Å². The lowest BCUT2D eigenvalue weighted by Gasteiger charge is -2.30. The SMILES string of the molecule is C#Cc1c(F)ccc2cc(O)cc(-c3ncc4c(C5CCN(C(=O)CO)C5)nc(OC[C@@]56CCCN5C[C@H](F)C6)nc4c3F)c12. The highest BCUT2D eigenvalue weighted by atomic mass is 19.1. The van der Waals surface area contributed by atoms with Gasteiger partial charge in [0.15, 0.2) is 5.82 Å². The van der Waals surface area contributed by atoms with Crippen LogP contribution in [0.5, 0.6) is 11.8 Å².